The summed E-state index contributed by atoms with van der Waals surface area (Å²) in [5.41, 5.74) is 1.49. The molecule has 0 heterocycles. The maximum atomic E-state index is 13.0. The predicted octanol–water partition coefficient (Wildman–Crippen LogP) is 8.91. The molecule has 2 unspecified atom stereocenters. The Labute approximate surface area is 224 Å². The normalized spacial score (nSPS) is 40.7. The molecule has 4 aliphatic rings. The van der Waals surface area contributed by atoms with Crippen molar-refractivity contribution in [1.82, 2.24) is 0 Å². The number of unbranched alkanes of at least 4 members (excludes halogenated alkanes) is 3. The van der Waals surface area contributed by atoms with Crippen molar-refractivity contribution in [2.24, 2.45) is 28.6 Å². The summed E-state index contributed by atoms with van der Waals surface area (Å²) in [6, 6.07) is 0. The Hall–Kier alpha value is -0.236. The Bertz CT molecular complexity index is 827. The van der Waals surface area contributed by atoms with Crippen molar-refractivity contribution in [3.8, 4) is 0 Å². The summed E-state index contributed by atoms with van der Waals surface area (Å²) < 4.78 is 13.8. The third kappa shape index (κ3) is 5.29. The molecule has 3 saturated carbocycles. The first-order valence-corrected chi connectivity index (χ1v) is 22.1. The predicted molar refractivity (Wildman–Crippen MR) is 156 cm³/mol. The zero-order valence-corrected chi connectivity index (χ0v) is 26.9. The highest BCUT2D eigenvalue weighted by molar-refractivity contribution is 6.70. The van der Waals surface area contributed by atoms with Gasteiger partial charge in [0.25, 0.3) is 0 Å². The third-order valence-corrected chi connectivity index (χ3v) is 12.7. The van der Waals surface area contributed by atoms with Gasteiger partial charge in [-0.25, -0.2) is 0 Å². The van der Waals surface area contributed by atoms with Crippen LogP contribution >= 0.6 is 0 Å². The standard InChI is InChI=1S/C31H56O3Si2/c1-9-10-11-12-18-31(34-36(6,7)8)21-17-27-26-14-13-24-22-25(33-35(3,4)5)15-20-30(24,23-32)28(26)16-19-29(27,31)2/h13,23,25-28H,9-12,14-22H2,1-8H3/t25?,26-,27-,28+,29-,30+,31?/m0/s1. The molecule has 0 aliphatic heterocycles. The van der Waals surface area contributed by atoms with Crippen molar-refractivity contribution >= 4 is 22.9 Å². The lowest BCUT2D eigenvalue weighted by Gasteiger charge is -2.60. The number of carbonyl (C=O) groups excluding carboxylic acids is 1. The fraction of sp³-hybridized carbons (Fsp3) is 0.903. The average Bonchev–Trinajstić information content (AvgIpc) is 3.06. The Morgan fingerprint density at radius 1 is 0.944 bits per heavy atom. The van der Waals surface area contributed by atoms with Gasteiger partial charge < -0.3 is 13.6 Å². The molecule has 0 aromatic carbocycles. The number of rotatable bonds is 10. The van der Waals surface area contributed by atoms with E-state index in [-0.39, 0.29) is 16.4 Å². The molecular formula is C31H56O3Si2. The number of allylic oxidation sites excluding steroid dienone is 1. The van der Waals surface area contributed by atoms with Crippen molar-refractivity contribution in [2.75, 3.05) is 0 Å². The van der Waals surface area contributed by atoms with E-state index in [0.717, 1.165) is 25.7 Å². The van der Waals surface area contributed by atoms with Gasteiger partial charge in [0, 0.05) is 6.10 Å². The Balaban J connectivity index is 1.60. The molecule has 5 heteroatoms. The van der Waals surface area contributed by atoms with Crippen LogP contribution in [0.2, 0.25) is 39.3 Å². The molecule has 0 spiro atoms. The van der Waals surface area contributed by atoms with E-state index >= 15 is 0 Å². The average molecular weight is 533 g/mol. The van der Waals surface area contributed by atoms with Gasteiger partial charge in [-0.1, -0.05) is 51.2 Å². The van der Waals surface area contributed by atoms with Gasteiger partial charge in [0.15, 0.2) is 16.6 Å². The molecule has 3 nitrogen and oxygen atoms in total. The second-order valence-corrected chi connectivity index (χ2v) is 24.0. The van der Waals surface area contributed by atoms with Gasteiger partial charge in [-0.2, -0.15) is 0 Å². The van der Waals surface area contributed by atoms with E-state index in [4.69, 9.17) is 8.85 Å². The van der Waals surface area contributed by atoms with E-state index < -0.39 is 16.6 Å². The highest BCUT2D eigenvalue weighted by Gasteiger charge is 2.65. The minimum absolute atomic E-state index is 0.0437. The number of hydrogen-bond donors (Lipinski definition) is 0. The highest BCUT2D eigenvalue weighted by Crippen LogP contribution is 2.68. The minimum atomic E-state index is -1.69. The molecule has 0 aromatic heterocycles. The zero-order valence-electron chi connectivity index (χ0n) is 24.9. The first-order valence-electron chi connectivity index (χ1n) is 15.3. The lowest BCUT2D eigenvalue weighted by Crippen LogP contribution is -2.58. The van der Waals surface area contributed by atoms with E-state index in [1.165, 1.54) is 69.6 Å². The Morgan fingerprint density at radius 3 is 2.31 bits per heavy atom. The summed E-state index contributed by atoms with van der Waals surface area (Å²) in [4.78, 5) is 13.0. The fourth-order valence-electron chi connectivity index (χ4n) is 9.30. The Morgan fingerprint density at radius 2 is 1.67 bits per heavy atom. The van der Waals surface area contributed by atoms with Crippen molar-refractivity contribution < 1.29 is 13.6 Å². The van der Waals surface area contributed by atoms with Crippen LogP contribution in [0.25, 0.3) is 0 Å². The molecule has 3 fully saturated rings. The first kappa shape index (κ1) is 28.8. The van der Waals surface area contributed by atoms with E-state index in [9.17, 15) is 4.79 Å². The van der Waals surface area contributed by atoms with E-state index in [2.05, 4.69) is 59.2 Å². The largest absolute Gasteiger partial charge is 0.414 e. The number of aldehydes is 1. The van der Waals surface area contributed by atoms with Crippen LogP contribution < -0.4 is 0 Å². The van der Waals surface area contributed by atoms with Gasteiger partial charge in [0.1, 0.15) is 6.29 Å². The lowest BCUT2D eigenvalue weighted by molar-refractivity contribution is -0.136. The summed E-state index contributed by atoms with van der Waals surface area (Å²) in [5.74, 6) is 1.84. The summed E-state index contributed by atoms with van der Waals surface area (Å²) in [6.07, 6.45) is 19.8. The quantitative estimate of drug-likeness (QED) is 0.122. The zero-order chi connectivity index (χ0) is 26.4. The highest BCUT2D eigenvalue weighted by atomic mass is 28.4. The molecule has 0 bridgehead atoms. The van der Waals surface area contributed by atoms with Crippen LogP contribution in [0, 0.1) is 28.6 Å². The Kier molecular flexibility index (Phi) is 8.30. The van der Waals surface area contributed by atoms with E-state index in [1.807, 2.05) is 0 Å². The van der Waals surface area contributed by atoms with E-state index in [0.29, 0.717) is 23.9 Å². The van der Waals surface area contributed by atoms with Crippen LogP contribution in [0.5, 0.6) is 0 Å². The summed E-state index contributed by atoms with van der Waals surface area (Å²) in [7, 11) is -3.26. The molecule has 4 aliphatic carbocycles. The van der Waals surface area contributed by atoms with Crippen molar-refractivity contribution in [2.45, 2.75) is 148 Å². The first-order chi connectivity index (χ1) is 16.8. The molecule has 36 heavy (non-hydrogen) atoms. The van der Waals surface area contributed by atoms with Crippen molar-refractivity contribution in [3.63, 3.8) is 0 Å². The number of hydrogen-bond acceptors (Lipinski definition) is 3. The molecular weight excluding hydrogens is 477 g/mol. The maximum absolute atomic E-state index is 13.0. The monoisotopic (exact) mass is 532 g/mol. The van der Waals surface area contributed by atoms with Gasteiger partial charge in [-0.05, 0) is 120 Å². The third-order valence-electron chi connectivity index (χ3n) is 10.6. The molecule has 0 amide bonds. The van der Waals surface area contributed by atoms with Crippen LogP contribution in [-0.2, 0) is 13.6 Å². The van der Waals surface area contributed by atoms with Crippen LogP contribution in [0.4, 0.5) is 0 Å². The summed E-state index contributed by atoms with van der Waals surface area (Å²) in [5, 5.41) is 0. The lowest BCUT2D eigenvalue weighted by atomic mass is 9.46. The fourth-order valence-corrected chi connectivity index (χ4v) is 12.1. The van der Waals surface area contributed by atoms with Gasteiger partial charge in [-0.15, -0.1) is 0 Å². The molecule has 0 saturated heterocycles. The van der Waals surface area contributed by atoms with Gasteiger partial charge in [0.2, 0.25) is 0 Å². The van der Waals surface area contributed by atoms with Gasteiger partial charge in [0.05, 0.1) is 11.0 Å². The smallest absolute Gasteiger partial charge is 0.184 e. The minimum Gasteiger partial charge on any atom is -0.414 e. The van der Waals surface area contributed by atoms with Crippen LogP contribution in [-0.4, -0.2) is 34.6 Å². The van der Waals surface area contributed by atoms with Gasteiger partial charge >= 0.3 is 0 Å². The van der Waals surface area contributed by atoms with Crippen LogP contribution in [0.15, 0.2) is 11.6 Å². The maximum Gasteiger partial charge on any atom is 0.184 e. The molecule has 0 N–H and O–H groups in total. The SMILES string of the molecule is CCCCCCC1(O[Si](C)(C)C)CC[C@H]2[C@@H]3CC=C4CC(O[Si](C)(C)C)CC[C@]4(C=O)[C@@H]3CC[C@@]21C. The van der Waals surface area contributed by atoms with Gasteiger partial charge in [-0.3, -0.25) is 0 Å². The summed E-state index contributed by atoms with van der Waals surface area (Å²) in [6.45, 7) is 19.0. The topological polar surface area (TPSA) is 35.5 Å². The van der Waals surface area contributed by atoms with Crippen LogP contribution in [0.1, 0.15) is 97.3 Å². The molecule has 7 atom stereocenters. The van der Waals surface area contributed by atoms with E-state index in [1.54, 1.807) is 0 Å². The molecule has 0 aromatic rings. The second kappa shape index (κ2) is 10.4. The number of carbonyl (C=O) groups is 1. The molecule has 206 valence electrons. The van der Waals surface area contributed by atoms with Crippen molar-refractivity contribution in [3.05, 3.63) is 11.6 Å². The molecule has 0 radical (unpaired) electrons. The van der Waals surface area contributed by atoms with Crippen molar-refractivity contribution in [1.29, 1.82) is 0 Å². The second-order valence-electron chi connectivity index (χ2n) is 15.1. The number of fused-ring (bicyclic) bond motifs is 5. The summed E-state index contributed by atoms with van der Waals surface area (Å²) >= 11 is 0. The van der Waals surface area contributed by atoms with Crippen LogP contribution in [0.3, 0.4) is 0 Å². The molecule has 4 rings (SSSR count).